The van der Waals surface area contributed by atoms with Crippen LogP contribution in [0.1, 0.15) is 12.5 Å². The van der Waals surface area contributed by atoms with Crippen molar-refractivity contribution in [3.05, 3.63) is 64.2 Å². The summed E-state index contributed by atoms with van der Waals surface area (Å²) < 4.78 is 5.49. The number of amides is 1. The van der Waals surface area contributed by atoms with Crippen LogP contribution in [0.4, 0.5) is 11.4 Å². The molecule has 0 atom stereocenters. The Hall–Kier alpha value is -2.89. The fourth-order valence-electron chi connectivity index (χ4n) is 1.80. The number of benzene rings is 2. The van der Waals surface area contributed by atoms with Gasteiger partial charge in [0.05, 0.1) is 4.92 Å². The summed E-state index contributed by atoms with van der Waals surface area (Å²) in [4.78, 5) is 21.5. The van der Waals surface area contributed by atoms with Gasteiger partial charge in [-0.05, 0) is 17.7 Å². The van der Waals surface area contributed by atoms with Gasteiger partial charge >= 0.3 is 5.69 Å². The molecule has 0 aliphatic heterocycles. The zero-order chi connectivity index (χ0) is 15.2. The third-order valence-electron chi connectivity index (χ3n) is 2.71. The Balaban J connectivity index is 2.18. The molecule has 2 rings (SSSR count). The molecule has 0 saturated carbocycles. The van der Waals surface area contributed by atoms with Gasteiger partial charge in [-0.1, -0.05) is 30.3 Å². The van der Waals surface area contributed by atoms with E-state index < -0.39 is 4.92 Å². The fourth-order valence-corrected chi connectivity index (χ4v) is 1.80. The minimum Gasteiger partial charge on any atom is -0.482 e. The molecule has 0 aliphatic carbocycles. The third kappa shape index (κ3) is 4.04. The van der Waals surface area contributed by atoms with Crippen molar-refractivity contribution in [2.75, 3.05) is 5.32 Å². The number of carbonyl (C=O) groups excluding carboxylic acids is 1. The molecule has 0 aromatic heterocycles. The maximum atomic E-state index is 11.1. The number of nitrogens with zero attached hydrogens (tertiary/aromatic N) is 1. The number of hydrogen-bond donors (Lipinski definition) is 1. The minimum absolute atomic E-state index is 0.165. The average molecular weight is 286 g/mol. The van der Waals surface area contributed by atoms with E-state index >= 15 is 0 Å². The zero-order valence-corrected chi connectivity index (χ0v) is 11.4. The van der Waals surface area contributed by atoms with E-state index in [1.165, 1.54) is 19.1 Å². The summed E-state index contributed by atoms with van der Waals surface area (Å²) in [5.74, 6) is -0.125. The van der Waals surface area contributed by atoms with Gasteiger partial charge in [0.1, 0.15) is 6.61 Å². The van der Waals surface area contributed by atoms with Crippen molar-refractivity contribution < 1.29 is 14.5 Å². The predicted molar refractivity (Wildman–Crippen MR) is 78.2 cm³/mol. The molecule has 6 nitrogen and oxygen atoms in total. The normalized spacial score (nSPS) is 9.95. The van der Waals surface area contributed by atoms with Crippen molar-refractivity contribution in [1.82, 2.24) is 0 Å². The second-order valence-electron chi connectivity index (χ2n) is 4.40. The number of nitrogens with one attached hydrogen (secondary N) is 1. The van der Waals surface area contributed by atoms with Gasteiger partial charge in [0.25, 0.3) is 0 Å². The summed E-state index contributed by atoms with van der Waals surface area (Å²) in [6.07, 6.45) is 0. The van der Waals surface area contributed by atoms with Crippen LogP contribution in [0.2, 0.25) is 0 Å². The lowest BCUT2D eigenvalue weighted by molar-refractivity contribution is -0.385. The van der Waals surface area contributed by atoms with Crippen LogP contribution in [0.25, 0.3) is 0 Å². The summed E-state index contributed by atoms with van der Waals surface area (Å²) in [6, 6.07) is 13.7. The number of hydrogen-bond acceptors (Lipinski definition) is 4. The van der Waals surface area contributed by atoms with Crippen LogP contribution in [-0.2, 0) is 11.4 Å². The van der Waals surface area contributed by atoms with Crippen molar-refractivity contribution >= 4 is 17.3 Å². The predicted octanol–water partition coefficient (Wildman–Crippen LogP) is 3.13. The molecule has 0 bridgehead atoms. The zero-order valence-electron chi connectivity index (χ0n) is 11.4. The molecule has 21 heavy (non-hydrogen) atoms. The van der Waals surface area contributed by atoms with Crippen LogP contribution in [0.3, 0.4) is 0 Å². The number of nitro groups is 1. The average Bonchev–Trinajstić information content (AvgIpc) is 2.46. The molecule has 1 N–H and O–H groups in total. The standard InChI is InChI=1S/C15H14N2O4/c1-11(18)16-13-7-8-15(14(9-13)17(19)20)21-10-12-5-3-2-4-6-12/h2-9H,10H2,1H3,(H,16,18). The molecule has 0 radical (unpaired) electrons. The second-order valence-corrected chi connectivity index (χ2v) is 4.40. The Morgan fingerprint density at radius 2 is 1.95 bits per heavy atom. The number of rotatable bonds is 5. The summed E-state index contributed by atoms with van der Waals surface area (Å²) >= 11 is 0. The maximum absolute atomic E-state index is 11.1. The first-order valence-electron chi connectivity index (χ1n) is 6.29. The van der Waals surface area contributed by atoms with Gasteiger partial charge in [-0.2, -0.15) is 0 Å². The third-order valence-corrected chi connectivity index (χ3v) is 2.71. The number of carbonyl (C=O) groups is 1. The number of anilines is 1. The lowest BCUT2D eigenvalue weighted by Crippen LogP contribution is -2.06. The van der Waals surface area contributed by atoms with Gasteiger partial charge in [0.2, 0.25) is 5.91 Å². The highest BCUT2D eigenvalue weighted by molar-refractivity contribution is 5.89. The Bertz CT molecular complexity index is 656. The van der Waals surface area contributed by atoms with E-state index in [9.17, 15) is 14.9 Å². The first-order valence-corrected chi connectivity index (χ1v) is 6.29. The quantitative estimate of drug-likeness (QED) is 0.676. The van der Waals surface area contributed by atoms with E-state index in [2.05, 4.69) is 5.32 Å². The molecule has 0 unspecified atom stereocenters. The van der Waals surface area contributed by atoms with Gasteiger partial charge in [-0.25, -0.2) is 0 Å². The van der Waals surface area contributed by atoms with Gasteiger partial charge < -0.3 is 10.1 Å². The summed E-state index contributed by atoms with van der Waals surface area (Å²) in [7, 11) is 0. The highest BCUT2D eigenvalue weighted by atomic mass is 16.6. The van der Waals surface area contributed by atoms with E-state index in [1.54, 1.807) is 6.07 Å². The Morgan fingerprint density at radius 3 is 2.57 bits per heavy atom. The molecule has 1 amide bonds. The minimum atomic E-state index is -0.536. The van der Waals surface area contributed by atoms with E-state index in [0.717, 1.165) is 5.56 Å². The lowest BCUT2D eigenvalue weighted by Gasteiger charge is -2.08. The summed E-state index contributed by atoms with van der Waals surface area (Å²) in [5, 5.41) is 13.6. The molecule has 0 fully saturated rings. The van der Waals surface area contributed by atoms with Crippen molar-refractivity contribution in [1.29, 1.82) is 0 Å². The number of ether oxygens (including phenoxy) is 1. The molecule has 6 heteroatoms. The smallest absolute Gasteiger partial charge is 0.313 e. The van der Waals surface area contributed by atoms with E-state index in [0.29, 0.717) is 5.69 Å². The van der Waals surface area contributed by atoms with E-state index in [-0.39, 0.29) is 24.0 Å². The Kier molecular flexibility index (Phi) is 4.50. The highest BCUT2D eigenvalue weighted by Crippen LogP contribution is 2.30. The molecule has 0 saturated heterocycles. The summed E-state index contributed by atoms with van der Waals surface area (Å²) in [6.45, 7) is 1.58. The molecule has 0 spiro atoms. The monoisotopic (exact) mass is 286 g/mol. The van der Waals surface area contributed by atoms with E-state index in [1.807, 2.05) is 30.3 Å². The Morgan fingerprint density at radius 1 is 1.24 bits per heavy atom. The van der Waals surface area contributed by atoms with Gasteiger partial charge in [0, 0.05) is 18.7 Å². The van der Waals surface area contributed by atoms with E-state index in [4.69, 9.17) is 4.74 Å². The Labute approximate surface area is 121 Å². The molecule has 108 valence electrons. The molecular formula is C15H14N2O4. The fraction of sp³-hybridized carbons (Fsp3) is 0.133. The molecule has 2 aromatic rings. The molecule has 0 heterocycles. The van der Waals surface area contributed by atoms with Gasteiger partial charge in [0.15, 0.2) is 5.75 Å². The van der Waals surface area contributed by atoms with Crippen molar-refractivity contribution in [2.24, 2.45) is 0 Å². The highest BCUT2D eigenvalue weighted by Gasteiger charge is 2.16. The van der Waals surface area contributed by atoms with Crippen molar-refractivity contribution in [2.45, 2.75) is 13.5 Å². The van der Waals surface area contributed by atoms with Crippen LogP contribution in [-0.4, -0.2) is 10.8 Å². The molecule has 2 aromatic carbocycles. The van der Waals surface area contributed by atoms with Crippen LogP contribution in [0.15, 0.2) is 48.5 Å². The molecule has 0 aliphatic rings. The van der Waals surface area contributed by atoms with Crippen molar-refractivity contribution in [3.63, 3.8) is 0 Å². The van der Waals surface area contributed by atoms with Gasteiger partial charge in [-0.15, -0.1) is 0 Å². The topological polar surface area (TPSA) is 81.5 Å². The van der Waals surface area contributed by atoms with Crippen LogP contribution in [0.5, 0.6) is 5.75 Å². The van der Waals surface area contributed by atoms with Crippen LogP contribution >= 0.6 is 0 Å². The maximum Gasteiger partial charge on any atom is 0.313 e. The van der Waals surface area contributed by atoms with Gasteiger partial charge in [-0.3, -0.25) is 14.9 Å². The van der Waals surface area contributed by atoms with Crippen LogP contribution < -0.4 is 10.1 Å². The van der Waals surface area contributed by atoms with Crippen molar-refractivity contribution in [3.8, 4) is 5.75 Å². The molecular weight excluding hydrogens is 272 g/mol. The lowest BCUT2D eigenvalue weighted by atomic mass is 10.2. The largest absolute Gasteiger partial charge is 0.482 e. The first-order chi connectivity index (χ1) is 10.1. The van der Waals surface area contributed by atoms with Crippen LogP contribution in [0, 0.1) is 10.1 Å². The summed E-state index contributed by atoms with van der Waals surface area (Å²) in [5.41, 5.74) is 1.09. The second kappa shape index (κ2) is 6.51. The SMILES string of the molecule is CC(=O)Nc1ccc(OCc2ccccc2)c([N+](=O)[O-])c1. The first kappa shape index (κ1) is 14.5. The number of nitro benzene ring substituents is 1.